The molecule has 0 unspecified atom stereocenters. The van der Waals surface area contributed by atoms with Crippen molar-refractivity contribution in [1.82, 2.24) is 9.91 Å². The summed E-state index contributed by atoms with van der Waals surface area (Å²) in [4.78, 5) is 14.1. The van der Waals surface area contributed by atoms with Crippen molar-refractivity contribution < 1.29 is 9.53 Å². The largest absolute Gasteiger partial charge is 0.498 e. The normalized spacial score (nSPS) is 25.4. The van der Waals surface area contributed by atoms with Gasteiger partial charge in [-0.1, -0.05) is 6.08 Å². The number of hydrogen-bond donors (Lipinski definition) is 0. The maximum absolute atomic E-state index is 11.5. The van der Waals surface area contributed by atoms with Crippen molar-refractivity contribution in [3.8, 4) is 0 Å². The van der Waals surface area contributed by atoms with Gasteiger partial charge in [-0.05, 0) is 50.8 Å². The number of nitrogens with zero attached hydrogens (tertiary/aromatic N) is 3. The molecule has 5 heteroatoms. The molecule has 3 rings (SSSR count). The number of rotatable bonds is 6. The summed E-state index contributed by atoms with van der Waals surface area (Å²) in [6.07, 6.45) is 11.2. The molecule has 0 aromatic carbocycles. The first-order valence-electron chi connectivity index (χ1n) is 9.24. The summed E-state index contributed by atoms with van der Waals surface area (Å²) in [5, 5.41) is 5.86. The Bertz CT molecular complexity index is 565. The summed E-state index contributed by atoms with van der Waals surface area (Å²) in [5.74, 6) is 1.18. The molecular formula is C19H29N3O2. The maximum Gasteiger partial charge on any atom is 0.242 e. The van der Waals surface area contributed by atoms with E-state index in [-0.39, 0.29) is 5.91 Å². The quantitative estimate of drug-likeness (QED) is 0.703. The van der Waals surface area contributed by atoms with Crippen LogP contribution in [0.1, 0.15) is 51.9 Å². The van der Waals surface area contributed by atoms with Gasteiger partial charge >= 0.3 is 0 Å². The third-order valence-electron chi connectivity index (χ3n) is 5.26. The zero-order valence-corrected chi connectivity index (χ0v) is 15.0. The Balaban J connectivity index is 1.44. The lowest BCUT2D eigenvalue weighted by molar-refractivity contribution is -0.130. The van der Waals surface area contributed by atoms with Crippen LogP contribution in [0.25, 0.3) is 0 Å². The fourth-order valence-corrected chi connectivity index (χ4v) is 3.67. The van der Waals surface area contributed by atoms with Gasteiger partial charge in [0.05, 0.1) is 18.1 Å². The number of carbonyl (C=O) groups excluding carboxylic acids is 1. The van der Waals surface area contributed by atoms with Crippen LogP contribution in [-0.2, 0) is 9.53 Å². The van der Waals surface area contributed by atoms with E-state index < -0.39 is 0 Å². The van der Waals surface area contributed by atoms with Crippen LogP contribution >= 0.6 is 0 Å². The Morgan fingerprint density at radius 1 is 1.25 bits per heavy atom. The summed E-state index contributed by atoms with van der Waals surface area (Å²) in [5.41, 5.74) is 2.29. The van der Waals surface area contributed by atoms with Crippen LogP contribution in [0, 0.1) is 0 Å². The highest BCUT2D eigenvalue weighted by molar-refractivity contribution is 6.04. The smallest absolute Gasteiger partial charge is 0.242 e. The van der Waals surface area contributed by atoms with Gasteiger partial charge < -0.3 is 9.64 Å². The molecule has 3 aliphatic rings. The highest BCUT2D eigenvalue weighted by atomic mass is 16.5. The predicted molar refractivity (Wildman–Crippen MR) is 95.7 cm³/mol. The topological polar surface area (TPSA) is 45.1 Å². The number of amides is 1. The first-order chi connectivity index (χ1) is 11.6. The standard InChI is InChI=1S/C19H29N3O2/c1-15-5-3-12-22(15)13-4-14-24-17-8-6-16(7-9-17)18-10-11-19(23)21(2)20-18/h6,8,15H,3-5,7,9-14H2,1-2H3/t15-/m1/s1. The molecule has 1 aliphatic carbocycles. The van der Waals surface area contributed by atoms with Crippen LogP contribution in [0.15, 0.2) is 28.6 Å². The van der Waals surface area contributed by atoms with Crippen molar-refractivity contribution in [2.45, 2.75) is 57.9 Å². The van der Waals surface area contributed by atoms with E-state index in [1.54, 1.807) is 7.05 Å². The van der Waals surface area contributed by atoms with E-state index in [2.05, 4.69) is 29.1 Å². The van der Waals surface area contributed by atoms with Gasteiger partial charge in [0.1, 0.15) is 0 Å². The van der Waals surface area contributed by atoms with Crippen LogP contribution in [0.2, 0.25) is 0 Å². The minimum atomic E-state index is 0.0991. The molecule has 2 heterocycles. The third-order valence-corrected chi connectivity index (χ3v) is 5.26. The molecule has 1 amide bonds. The summed E-state index contributed by atoms with van der Waals surface area (Å²) in [6.45, 7) is 5.51. The molecule has 0 radical (unpaired) electrons. The monoisotopic (exact) mass is 331 g/mol. The fourth-order valence-electron chi connectivity index (χ4n) is 3.67. The number of allylic oxidation sites excluding steroid dienone is 4. The number of carbonyl (C=O) groups is 1. The van der Waals surface area contributed by atoms with Crippen molar-refractivity contribution in [2.24, 2.45) is 5.10 Å². The fraction of sp³-hybridized carbons (Fsp3) is 0.684. The second-order valence-electron chi connectivity index (χ2n) is 7.02. The molecule has 2 aliphatic heterocycles. The van der Waals surface area contributed by atoms with Crippen LogP contribution in [0.5, 0.6) is 0 Å². The van der Waals surface area contributed by atoms with Gasteiger partial charge in [0, 0.05) is 38.9 Å². The van der Waals surface area contributed by atoms with Gasteiger partial charge in [0.15, 0.2) is 0 Å². The molecule has 1 atom stereocenters. The number of likely N-dealkylation sites (tertiary alicyclic amines) is 1. The SMILES string of the molecule is C[C@@H]1CCCN1CCCOC1=CC=C(C2=NN(C)C(=O)CC2)CC1. The lowest BCUT2D eigenvalue weighted by Crippen LogP contribution is -2.29. The van der Waals surface area contributed by atoms with Crippen molar-refractivity contribution in [2.75, 3.05) is 26.7 Å². The van der Waals surface area contributed by atoms with Crippen LogP contribution in [0.3, 0.4) is 0 Å². The van der Waals surface area contributed by atoms with E-state index >= 15 is 0 Å². The highest BCUT2D eigenvalue weighted by Gasteiger charge is 2.21. The van der Waals surface area contributed by atoms with Gasteiger partial charge in [-0.2, -0.15) is 5.10 Å². The average molecular weight is 331 g/mol. The van der Waals surface area contributed by atoms with E-state index in [1.807, 2.05) is 0 Å². The average Bonchev–Trinajstić information content (AvgIpc) is 3.00. The van der Waals surface area contributed by atoms with Gasteiger partial charge in [-0.15, -0.1) is 0 Å². The predicted octanol–water partition coefficient (Wildman–Crippen LogP) is 3.09. The van der Waals surface area contributed by atoms with Crippen molar-refractivity contribution in [3.05, 3.63) is 23.5 Å². The third kappa shape index (κ3) is 4.26. The molecule has 0 aromatic rings. The van der Waals surface area contributed by atoms with Gasteiger partial charge in [0.2, 0.25) is 5.91 Å². The van der Waals surface area contributed by atoms with Crippen LogP contribution < -0.4 is 0 Å². The summed E-state index contributed by atoms with van der Waals surface area (Å²) < 4.78 is 5.94. The van der Waals surface area contributed by atoms with E-state index in [1.165, 1.54) is 30.0 Å². The van der Waals surface area contributed by atoms with Crippen molar-refractivity contribution in [3.63, 3.8) is 0 Å². The molecular weight excluding hydrogens is 302 g/mol. The molecule has 132 valence electrons. The van der Waals surface area contributed by atoms with Crippen LogP contribution in [-0.4, -0.2) is 54.3 Å². The summed E-state index contributed by atoms with van der Waals surface area (Å²) in [7, 11) is 1.73. The Hall–Kier alpha value is -1.62. The lowest BCUT2D eigenvalue weighted by atomic mass is 9.96. The molecule has 24 heavy (non-hydrogen) atoms. The van der Waals surface area contributed by atoms with E-state index in [9.17, 15) is 4.79 Å². The second kappa shape index (κ2) is 7.97. The molecule has 0 saturated carbocycles. The van der Waals surface area contributed by atoms with Gasteiger partial charge in [-0.3, -0.25) is 4.79 Å². The molecule has 1 fully saturated rings. The Kier molecular flexibility index (Phi) is 5.72. The number of hydrazone groups is 1. The Morgan fingerprint density at radius 3 is 2.79 bits per heavy atom. The Morgan fingerprint density at radius 2 is 2.12 bits per heavy atom. The zero-order valence-electron chi connectivity index (χ0n) is 15.0. The first kappa shape index (κ1) is 17.2. The molecule has 5 nitrogen and oxygen atoms in total. The zero-order chi connectivity index (χ0) is 16.9. The summed E-state index contributed by atoms with van der Waals surface area (Å²) in [6, 6.07) is 0.741. The minimum Gasteiger partial charge on any atom is -0.498 e. The van der Waals surface area contributed by atoms with E-state index in [0.29, 0.717) is 6.42 Å². The molecule has 0 bridgehead atoms. The van der Waals surface area contributed by atoms with Gasteiger partial charge in [0.25, 0.3) is 0 Å². The number of hydrogen-bond acceptors (Lipinski definition) is 4. The molecule has 0 N–H and O–H groups in total. The van der Waals surface area contributed by atoms with Crippen molar-refractivity contribution >= 4 is 11.6 Å². The Labute approximate surface area is 145 Å². The first-order valence-corrected chi connectivity index (χ1v) is 9.24. The van der Waals surface area contributed by atoms with E-state index in [4.69, 9.17) is 4.74 Å². The van der Waals surface area contributed by atoms with Gasteiger partial charge in [-0.25, -0.2) is 5.01 Å². The van der Waals surface area contributed by atoms with Crippen molar-refractivity contribution in [1.29, 1.82) is 0 Å². The lowest BCUT2D eigenvalue weighted by Gasteiger charge is -2.23. The second-order valence-corrected chi connectivity index (χ2v) is 7.02. The minimum absolute atomic E-state index is 0.0991. The maximum atomic E-state index is 11.5. The molecule has 1 saturated heterocycles. The number of ether oxygens (including phenoxy) is 1. The molecule has 0 aromatic heterocycles. The van der Waals surface area contributed by atoms with Crippen LogP contribution in [0.4, 0.5) is 0 Å². The molecule has 0 spiro atoms. The van der Waals surface area contributed by atoms with E-state index in [0.717, 1.165) is 56.3 Å². The summed E-state index contributed by atoms with van der Waals surface area (Å²) >= 11 is 0. The highest BCUT2D eigenvalue weighted by Crippen LogP contribution is 2.24.